The summed E-state index contributed by atoms with van der Waals surface area (Å²) >= 11 is 0. The van der Waals surface area contributed by atoms with Crippen molar-refractivity contribution in [2.45, 2.75) is 46.0 Å². The molecule has 0 N–H and O–H groups in total. The minimum Gasteiger partial charge on any atom is -0.497 e. The number of amides is 1. The van der Waals surface area contributed by atoms with Gasteiger partial charge in [-0.1, -0.05) is 68.0 Å². The van der Waals surface area contributed by atoms with Gasteiger partial charge < -0.3 is 9.64 Å². The normalized spacial score (nSPS) is 22.4. The first-order chi connectivity index (χ1) is 18.9. The minimum absolute atomic E-state index is 0.230. The van der Waals surface area contributed by atoms with Gasteiger partial charge in [0.1, 0.15) is 5.75 Å². The molecule has 210 valence electrons. The molecule has 1 heterocycles. The van der Waals surface area contributed by atoms with E-state index in [-0.39, 0.29) is 5.91 Å². The van der Waals surface area contributed by atoms with Crippen LogP contribution in [0.5, 0.6) is 5.75 Å². The Morgan fingerprint density at radius 3 is 2.38 bits per heavy atom. The number of aryl methyl sites for hydroxylation is 1. The quantitative estimate of drug-likeness (QED) is 0.349. The molecule has 2 fully saturated rings. The number of methoxy groups -OCH3 is 1. The van der Waals surface area contributed by atoms with Crippen LogP contribution in [-0.4, -0.2) is 80.1 Å². The van der Waals surface area contributed by atoms with E-state index >= 15 is 0 Å². The maximum Gasteiger partial charge on any atom is 0.227 e. The number of carbonyl (C=O) groups excluding carboxylic acids is 1. The lowest BCUT2D eigenvalue weighted by Crippen LogP contribution is -2.52. The number of allylic oxidation sites excluding steroid dienone is 1. The van der Waals surface area contributed by atoms with E-state index in [2.05, 4.69) is 60.1 Å². The van der Waals surface area contributed by atoms with Crippen LogP contribution in [0.3, 0.4) is 0 Å². The Kier molecular flexibility index (Phi) is 9.09. The second kappa shape index (κ2) is 12.7. The third kappa shape index (κ3) is 6.93. The number of rotatable bonds is 12. The molecule has 3 aliphatic carbocycles. The number of benzene rings is 2. The summed E-state index contributed by atoms with van der Waals surface area (Å²) < 4.78 is 5.24. The van der Waals surface area contributed by atoms with E-state index in [0.717, 1.165) is 81.9 Å². The highest BCUT2D eigenvalue weighted by Crippen LogP contribution is 2.59. The van der Waals surface area contributed by atoms with Gasteiger partial charge >= 0.3 is 0 Å². The summed E-state index contributed by atoms with van der Waals surface area (Å²) in [6, 6.07) is 18.7. The highest BCUT2D eigenvalue weighted by atomic mass is 16.5. The first kappa shape index (κ1) is 27.9. The summed E-state index contributed by atoms with van der Waals surface area (Å²) in [6.45, 7) is 13.0. The Morgan fingerprint density at radius 1 is 0.974 bits per heavy atom. The Hall–Kier alpha value is -2.63. The molecule has 2 aromatic rings. The lowest BCUT2D eigenvalue weighted by molar-refractivity contribution is -0.132. The second-order valence-corrected chi connectivity index (χ2v) is 12.4. The molecule has 0 aromatic heterocycles. The predicted molar refractivity (Wildman–Crippen MR) is 159 cm³/mol. The lowest BCUT2D eigenvalue weighted by atomic mass is 9.49. The summed E-state index contributed by atoms with van der Waals surface area (Å²) in [6.07, 6.45) is 8.03. The number of nitrogens with zero attached hydrogens (tertiary/aromatic N) is 3. The molecule has 2 bridgehead atoms. The molecule has 2 aromatic carbocycles. The van der Waals surface area contributed by atoms with Crippen molar-refractivity contribution in [2.24, 2.45) is 17.3 Å². The van der Waals surface area contributed by atoms with Crippen LogP contribution < -0.4 is 4.74 Å². The molecule has 1 saturated heterocycles. The van der Waals surface area contributed by atoms with Gasteiger partial charge in [-0.25, -0.2) is 0 Å². The zero-order chi connectivity index (χ0) is 27.2. The first-order valence-electron chi connectivity index (χ1n) is 15.0. The van der Waals surface area contributed by atoms with E-state index < -0.39 is 0 Å². The second-order valence-electron chi connectivity index (χ2n) is 12.4. The summed E-state index contributed by atoms with van der Waals surface area (Å²) in [4.78, 5) is 20.2. The van der Waals surface area contributed by atoms with Crippen LogP contribution in [0.15, 0.2) is 66.2 Å². The standard InChI is InChI=1S/C34H47N3O2/c1-34(2)30-14-13-29(32(34)25-30)26-36(17-7-10-27-8-5-4-6-9-27)19-18-35-20-22-37(23-21-35)33(38)24-28-11-15-31(39-3)16-12-28/h4-6,8-9,11-13,15-16,30,32H,7,10,14,17-26H2,1-3H3. The zero-order valence-electron chi connectivity index (χ0n) is 24.3. The van der Waals surface area contributed by atoms with Crippen molar-refractivity contribution in [3.05, 3.63) is 77.4 Å². The van der Waals surface area contributed by atoms with Gasteiger partial charge in [-0.2, -0.15) is 0 Å². The highest BCUT2D eigenvalue weighted by Gasteiger charge is 2.51. The van der Waals surface area contributed by atoms with Crippen molar-refractivity contribution < 1.29 is 9.53 Å². The van der Waals surface area contributed by atoms with Crippen LogP contribution >= 0.6 is 0 Å². The number of carbonyl (C=O) groups is 1. The molecule has 1 amide bonds. The van der Waals surface area contributed by atoms with E-state index in [1.54, 1.807) is 12.7 Å². The van der Waals surface area contributed by atoms with Crippen molar-refractivity contribution in [3.63, 3.8) is 0 Å². The van der Waals surface area contributed by atoms with E-state index in [1.165, 1.54) is 24.8 Å². The van der Waals surface area contributed by atoms with E-state index in [0.29, 0.717) is 11.8 Å². The van der Waals surface area contributed by atoms with Crippen molar-refractivity contribution >= 4 is 5.91 Å². The molecular weight excluding hydrogens is 482 g/mol. The SMILES string of the molecule is COc1ccc(CC(=O)N2CCN(CCN(CCCc3ccccc3)CC3=CCC4CC3C4(C)C)CC2)cc1. The fourth-order valence-electron chi connectivity index (χ4n) is 6.87. The van der Waals surface area contributed by atoms with Crippen LogP contribution in [0.4, 0.5) is 0 Å². The highest BCUT2D eigenvalue weighted by molar-refractivity contribution is 5.79. The zero-order valence-corrected chi connectivity index (χ0v) is 24.3. The maximum absolute atomic E-state index is 12.9. The average Bonchev–Trinajstić information content (AvgIpc) is 2.97. The molecule has 0 radical (unpaired) electrons. The Balaban J connectivity index is 1.10. The fourth-order valence-corrected chi connectivity index (χ4v) is 6.87. The van der Waals surface area contributed by atoms with Gasteiger partial charge in [0.15, 0.2) is 0 Å². The first-order valence-corrected chi connectivity index (χ1v) is 15.0. The number of hydrogen-bond donors (Lipinski definition) is 0. The van der Waals surface area contributed by atoms with Gasteiger partial charge in [0, 0.05) is 45.8 Å². The number of ether oxygens (including phenoxy) is 1. The van der Waals surface area contributed by atoms with E-state index in [4.69, 9.17) is 4.74 Å². The molecule has 5 heteroatoms. The molecule has 2 atom stereocenters. The monoisotopic (exact) mass is 529 g/mol. The Labute approximate surface area is 235 Å². The van der Waals surface area contributed by atoms with Gasteiger partial charge in [-0.3, -0.25) is 14.6 Å². The average molecular weight is 530 g/mol. The number of hydrogen-bond acceptors (Lipinski definition) is 4. The van der Waals surface area contributed by atoms with Crippen molar-refractivity contribution in [3.8, 4) is 5.75 Å². The molecule has 6 rings (SSSR count). The largest absolute Gasteiger partial charge is 0.497 e. The molecule has 4 aliphatic rings. The maximum atomic E-state index is 12.9. The fraction of sp³-hybridized carbons (Fsp3) is 0.559. The van der Waals surface area contributed by atoms with Gasteiger partial charge in [0.25, 0.3) is 0 Å². The summed E-state index contributed by atoms with van der Waals surface area (Å²) in [5.74, 6) is 2.72. The Morgan fingerprint density at radius 2 is 1.72 bits per heavy atom. The molecule has 5 nitrogen and oxygen atoms in total. The van der Waals surface area contributed by atoms with Crippen molar-refractivity contribution in [2.75, 3.05) is 59.5 Å². The van der Waals surface area contributed by atoms with Crippen LogP contribution in [0.25, 0.3) is 0 Å². The Bertz CT molecular complexity index is 1100. The minimum atomic E-state index is 0.230. The molecular formula is C34H47N3O2. The van der Waals surface area contributed by atoms with Crippen molar-refractivity contribution in [1.29, 1.82) is 0 Å². The van der Waals surface area contributed by atoms with Gasteiger partial charge in [-0.05, 0) is 72.7 Å². The van der Waals surface area contributed by atoms with Crippen LogP contribution in [0, 0.1) is 17.3 Å². The van der Waals surface area contributed by atoms with Crippen molar-refractivity contribution in [1.82, 2.24) is 14.7 Å². The van der Waals surface area contributed by atoms with Crippen LogP contribution in [0.2, 0.25) is 0 Å². The van der Waals surface area contributed by atoms with E-state index in [1.807, 2.05) is 29.2 Å². The smallest absolute Gasteiger partial charge is 0.227 e. The third-order valence-corrected chi connectivity index (χ3v) is 9.74. The number of piperazine rings is 1. The lowest BCUT2D eigenvalue weighted by Gasteiger charge is -2.57. The predicted octanol–water partition coefficient (Wildman–Crippen LogP) is 5.31. The molecule has 0 spiro atoms. The van der Waals surface area contributed by atoms with Gasteiger partial charge in [0.2, 0.25) is 5.91 Å². The third-order valence-electron chi connectivity index (χ3n) is 9.74. The summed E-state index contributed by atoms with van der Waals surface area (Å²) in [7, 11) is 1.67. The van der Waals surface area contributed by atoms with Gasteiger partial charge in [0.05, 0.1) is 13.5 Å². The van der Waals surface area contributed by atoms with Gasteiger partial charge in [-0.15, -0.1) is 0 Å². The summed E-state index contributed by atoms with van der Waals surface area (Å²) in [5.41, 5.74) is 4.66. The molecule has 39 heavy (non-hydrogen) atoms. The summed E-state index contributed by atoms with van der Waals surface area (Å²) in [5, 5.41) is 0. The molecule has 1 aliphatic heterocycles. The molecule has 1 saturated carbocycles. The number of fused-ring (bicyclic) bond motifs is 1. The topological polar surface area (TPSA) is 36.0 Å². The molecule has 2 unspecified atom stereocenters. The van der Waals surface area contributed by atoms with Crippen LogP contribution in [-0.2, 0) is 17.6 Å². The van der Waals surface area contributed by atoms with E-state index in [9.17, 15) is 4.79 Å². The van der Waals surface area contributed by atoms with Crippen LogP contribution in [0.1, 0.15) is 44.2 Å².